The van der Waals surface area contributed by atoms with E-state index in [1.807, 2.05) is 12.1 Å². The van der Waals surface area contributed by atoms with Crippen molar-refractivity contribution < 1.29 is 4.79 Å². The number of hydrogen-bond acceptors (Lipinski definition) is 3. The van der Waals surface area contributed by atoms with Crippen molar-refractivity contribution in [3.05, 3.63) is 45.2 Å². The number of nitriles is 1. The molecular weight excluding hydrogens is 315 g/mol. The third-order valence-electron chi connectivity index (χ3n) is 1.84. The number of hydrogen-bond donors (Lipinski definition) is 0. The van der Waals surface area contributed by atoms with Gasteiger partial charge in [0, 0.05) is 29.4 Å². The zero-order valence-electron chi connectivity index (χ0n) is 9.07. The highest BCUT2D eigenvalue weighted by atomic mass is 127. The van der Waals surface area contributed by atoms with E-state index in [0.29, 0.717) is 5.56 Å². The topological polar surface area (TPSA) is 44.1 Å². The van der Waals surface area contributed by atoms with E-state index in [1.165, 1.54) is 6.20 Å². The fourth-order valence-electron chi connectivity index (χ4n) is 1.18. The Kier molecular flexibility index (Phi) is 4.50. The van der Waals surface area contributed by atoms with E-state index >= 15 is 0 Å². The van der Waals surface area contributed by atoms with Crippen LogP contribution >= 0.6 is 22.6 Å². The van der Waals surface area contributed by atoms with Crippen LogP contribution in [0.25, 0.3) is 0 Å². The molecule has 0 amide bonds. The molecule has 0 aliphatic heterocycles. The predicted octanol–water partition coefficient (Wildman–Crippen LogP) is 2.44. The van der Waals surface area contributed by atoms with Crippen LogP contribution in [0.1, 0.15) is 10.4 Å². The maximum atomic E-state index is 11.9. The van der Waals surface area contributed by atoms with Crippen molar-refractivity contribution in [3.63, 3.8) is 0 Å². The molecule has 1 rings (SSSR count). The van der Waals surface area contributed by atoms with Gasteiger partial charge in [0.15, 0.2) is 0 Å². The lowest BCUT2D eigenvalue weighted by atomic mass is 10.1. The second-order valence-electron chi connectivity index (χ2n) is 3.46. The summed E-state index contributed by atoms with van der Waals surface area (Å²) < 4.78 is 0.977. The van der Waals surface area contributed by atoms with Gasteiger partial charge in [-0.1, -0.05) is 12.1 Å². The molecule has 0 bridgehead atoms. The smallest absolute Gasteiger partial charge is 0.205 e. The third-order valence-corrected chi connectivity index (χ3v) is 2.51. The predicted molar refractivity (Wildman–Crippen MR) is 70.9 cm³/mol. The van der Waals surface area contributed by atoms with Gasteiger partial charge < -0.3 is 4.90 Å². The molecule has 1 aromatic carbocycles. The molecule has 16 heavy (non-hydrogen) atoms. The first kappa shape index (κ1) is 12.7. The Morgan fingerprint density at radius 2 is 2.19 bits per heavy atom. The summed E-state index contributed by atoms with van der Waals surface area (Å²) in [5.41, 5.74) is 0.688. The average molecular weight is 326 g/mol. The highest BCUT2D eigenvalue weighted by Gasteiger charge is 2.12. The van der Waals surface area contributed by atoms with E-state index in [-0.39, 0.29) is 11.4 Å². The highest BCUT2D eigenvalue weighted by molar-refractivity contribution is 14.1. The van der Waals surface area contributed by atoms with Crippen LogP contribution in [0.15, 0.2) is 36.0 Å². The monoisotopic (exact) mass is 326 g/mol. The fourth-order valence-corrected chi connectivity index (χ4v) is 1.72. The number of nitrogens with zero attached hydrogens (tertiary/aromatic N) is 2. The molecule has 0 heterocycles. The lowest BCUT2D eigenvalue weighted by molar-refractivity contribution is 0.103. The lowest BCUT2D eigenvalue weighted by Crippen LogP contribution is -2.08. The second-order valence-corrected chi connectivity index (χ2v) is 4.70. The summed E-state index contributed by atoms with van der Waals surface area (Å²) in [6.07, 6.45) is 1.53. The normalized spacial score (nSPS) is 10.8. The van der Waals surface area contributed by atoms with Gasteiger partial charge in [-0.15, -0.1) is 0 Å². The average Bonchev–Trinajstić information content (AvgIpc) is 2.24. The molecule has 0 radical (unpaired) electrons. The van der Waals surface area contributed by atoms with Crippen molar-refractivity contribution >= 4 is 28.4 Å². The van der Waals surface area contributed by atoms with E-state index in [2.05, 4.69) is 22.6 Å². The Morgan fingerprint density at radius 3 is 2.69 bits per heavy atom. The quantitative estimate of drug-likeness (QED) is 0.371. The number of rotatable bonds is 3. The number of carbonyl (C=O) groups is 1. The number of allylic oxidation sites excluding steroid dienone is 1. The van der Waals surface area contributed by atoms with E-state index in [1.54, 1.807) is 37.2 Å². The van der Waals surface area contributed by atoms with E-state index in [9.17, 15) is 4.79 Å². The van der Waals surface area contributed by atoms with Crippen LogP contribution in [0.4, 0.5) is 0 Å². The van der Waals surface area contributed by atoms with Gasteiger partial charge in [0.1, 0.15) is 11.6 Å². The van der Waals surface area contributed by atoms with Gasteiger partial charge in [-0.3, -0.25) is 4.79 Å². The summed E-state index contributed by atoms with van der Waals surface area (Å²) in [4.78, 5) is 13.6. The van der Waals surface area contributed by atoms with Crippen LogP contribution in [0, 0.1) is 14.9 Å². The van der Waals surface area contributed by atoms with E-state index in [4.69, 9.17) is 5.26 Å². The molecule has 0 atom stereocenters. The van der Waals surface area contributed by atoms with Gasteiger partial charge in [0.25, 0.3) is 0 Å². The number of benzene rings is 1. The summed E-state index contributed by atoms with van der Waals surface area (Å²) in [6, 6.07) is 9.11. The minimum atomic E-state index is -0.241. The molecule has 82 valence electrons. The molecular formula is C12H11IN2O. The molecule has 0 fully saturated rings. The van der Waals surface area contributed by atoms with Crippen molar-refractivity contribution in [2.24, 2.45) is 0 Å². The summed E-state index contributed by atoms with van der Waals surface area (Å²) in [5, 5.41) is 8.91. The van der Waals surface area contributed by atoms with Crippen molar-refractivity contribution in [1.82, 2.24) is 4.90 Å². The molecule has 0 unspecified atom stereocenters. The van der Waals surface area contributed by atoms with Crippen LogP contribution in [-0.4, -0.2) is 24.8 Å². The summed E-state index contributed by atoms with van der Waals surface area (Å²) in [5.74, 6) is -0.241. The minimum absolute atomic E-state index is 0.145. The number of ketones is 1. The van der Waals surface area contributed by atoms with Gasteiger partial charge in [-0.2, -0.15) is 5.26 Å². The summed E-state index contributed by atoms with van der Waals surface area (Å²) in [6.45, 7) is 0. The standard InChI is InChI=1S/C12H11IN2O/c1-15(2)8-10(7-14)12(16)9-4-3-5-11(13)6-9/h3-6,8H,1-2H3/b10-8+. The fraction of sp³-hybridized carbons (Fsp3) is 0.167. The van der Waals surface area contributed by atoms with Crippen molar-refractivity contribution in [1.29, 1.82) is 5.26 Å². The minimum Gasteiger partial charge on any atom is -0.382 e. The van der Waals surface area contributed by atoms with Crippen LogP contribution in [0.2, 0.25) is 0 Å². The molecule has 0 spiro atoms. The Balaban J connectivity index is 3.07. The van der Waals surface area contributed by atoms with Crippen LogP contribution in [-0.2, 0) is 0 Å². The first-order chi connectivity index (χ1) is 7.54. The molecule has 1 aromatic rings. The zero-order valence-corrected chi connectivity index (χ0v) is 11.2. The lowest BCUT2D eigenvalue weighted by Gasteiger charge is -2.06. The van der Waals surface area contributed by atoms with Crippen LogP contribution < -0.4 is 0 Å². The molecule has 4 heteroatoms. The first-order valence-electron chi connectivity index (χ1n) is 4.63. The number of Topliss-reactive ketones (excluding diaryl/α,β-unsaturated/α-hetero) is 1. The largest absolute Gasteiger partial charge is 0.382 e. The second kappa shape index (κ2) is 5.66. The molecule has 0 saturated carbocycles. The molecule has 0 aliphatic rings. The number of halogens is 1. The van der Waals surface area contributed by atoms with Crippen LogP contribution in [0.5, 0.6) is 0 Å². The SMILES string of the molecule is CN(C)/C=C(\C#N)C(=O)c1cccc(I)c1. The molecule has 0 N–H and O–H groups in total. The highest BCUT2D eigenvalue weighted by Crippen LogP contribution is 2.12. The molecule has 0 aliphatic carbocycles. The van der Waals surface area contributed by atoms with Gasteiger partial charge >= 0.3 is 0 Å². The van der Waals surface area contributed by atoms with E-state index in [0.717, 1.165) is 3.57 Å². The third kappa shape index (κ3) is 3.35. The molecule has 0 aromatic heterocycles. The van der Waals surface area contributed by atoms with Crippen molar-refractivity contribution in [2.75, 3.05) is 14.1 Å². The Morgan fingerprint density at radius 1 is 1.50 bits per heavy atom. The van der Waals surface area contributed by atoms with E-state index < -0.39 is 0 Å². The summed E-state index contributed by atoms with van der Waals surface area (Å²) in [7, 11) is 3.55. The van der Waals surface area contributed by atoms with Crippen molar-refractivity contribution in [3.8, 4) is 6.07 Å². The molecule has 0 saturated heterocycles. The Hall–Kier alpha value is -1.35. The van der Waals surface area contributed by atoms with Gasteiger partial charge in [0.05, 0.1) is 0 Å². The van der Waals surface area contributed by atoms with Gasteiger partial charge in [-0.25, -0.2) is 0 Å². The maximum Gasteiger partial charge on any atom is 0.205 e. The molecule has 3 nitrogen and oxygen atoms in total. The Bertz CT molecular complexity index is 472. The Labute approximate surface area is 109 Å². The van der Waals surface area contributed by atoms with Gasteiger partial charge in [0.2, 0.25) is 5.78 Å². The first-order valence-corrected chi connectivity index (χ1v) is 5.71. The van der Waals surface area contributed by atoms with Gasteiger partial charge in [-0.05, 0) is 34.7 Å². The zero-order chi connectivity index (χ0) is 12.1. The maximum absolute atomic E-state index is 11.9. The van der Waals surface area contributed by atoms with Crippen molar-refractivity contribution in [2.45, 2.75) is 0 Å². The summed E-state index contributed by atoms with van der Waals surface area (Å²) >= 11 is 2.13. The number of carbonyl (C=O) groups excluding carboxylic acids is 1. The van der Waals surface area contributed by atoms with Crippen LogP contribution in [0.3, 0.4) is 0 Å².